The van der Waals surface area contributed by atoms with Gasteiger partial charge in [0.2, 0.25) is 9.04 Å². The van der Waals surface area contributed by atoms with Crippen molar-refractivity contribution in [2.24, 2.45) is 5.41 Å². The van der Waals surface area contributed by atoms with Crippen LogP contribution in [0.3, 0.4) is 0 Å². The second-order valence-corrected chi connectivity index (χ2v) is 10.3. The molecule has 1 aromatic carbocycles. The van der Waals surface area contributed by atoms with E-state index in [0.29, 0.717) is 21.9 Å². The molecule has 2 aromatic heterocycles. The number of hydrogen-bond donors (Lipinski definition) is 0. The van der Waals surface area contributed by atoms with E-state index in [1.807, 2.05) is 33.9 Å². The van der Waals surface area contributed by atoms with Gasteiger partial charge in [0.1, 0.15) is 22.4 Å². The van der Waals surface area contributed by atoms with E-state index >= 15 is 4.39 Å². The average Bonchev–Trinajstić information content (AvgIpc) is 2.92. The third-order valence-corrected chi connectivity index (χ3v) is 5.15. The summed E-state index contributed by atoms with van der Waals surface area (Å²) in [5.74, 6) is -1.19. The lowest BCUT2D eigenvalue weighted by Crippen LogP contribution is -2.27. The lowest BCUT2D eigenvalue weighted by molar-refractivity contribution is 0.0796. The van der Waals surface area contributed by atoms with E-state index in [1.54, 1.807) is 28.9 Å². The van der Waals surface area contributed by atoms with Crippen LogP contribution in [0.5, 0.6) is 0 Å². The van der Waals surface area contributed by atoms with Crippen molar-refractivity contribution in [3.8, 4) is 11.1 Å². The molecule has 7 heteroatoms. The summed E-state index contributed by atoms with van der Waals surface area (Å²) in [7, 11) is -1.16. The molecule has 1 radical (unpaired) electrons. The molecule has 2 heterocycles. The van der Waals surface area contributed by atoms with Gasteiger partial charge in [0.25, 0.3) is 0 Å². The van der Waals surface area contributed by atoms with Gasteiger partial charge in [0.15, 0.2) is 0 Å². The SMILES string of the molecule is C[Si](C)OC(c1c(F)ccc(-c2ccc3nc(Cl)cn3c2)c1F)C(C)(C)C. The Balaban J connectivity index is 2.16. The van der Waals surface area contributed by atoms with Gasteiger partial charge in [-0.15, -0.1) is 0 Å². The molecule has 1 unspecified atom stereocenters. The molecule has 3 nitrogen and oxygen atoms in total. The summed E-state index contributed by atoms with van der Waals surface area (Å²) in [6.07, 6.45) is 2.70. The van der Waals surface area contributed by atoms with Gasteiger partial charge < -0.3 is 8.83 Å². The minimum Gasteiger partial charge on any atom is -0.410 e. The molecule has 0 aliphatic carbocycles. The van der Waals surface area contributed by atoms with E-state index in [1.165, 1.54) is 12.1 Å². The lowest BCUT2D eigenvalue weighted by Gasteiger charge is -2.33. The van der Waals surface area contributed by atoms with Crippen LogP contribution in [0, 0.1) is 17.0 Å². The monoisotopic (exact) mass is 407 g/mol. The fraction of sp³-hybridized carbons (Fsp3) is 0.350. The van der Waals surface area contributed by atoms with Crippen molar-refractivity contribution in [1.29, 1.82) is 0 Å². The van der Waals surface area contributed by atoms with Gasteiger partial charge in [0, 0.05) is 23.5 Å². The Kier molecular flexibility index (Phi) is 5.43. The zero-order chi connectivity index (χ0) is 19.9. The number of aromatic nitrogens is 2. The minimum atomic E-state index is -1.16. The summed E-state index contributed by atoms with van der Waals surface area (Å²) in [5.41, 5.74) is 1.12. The highest BCUT2D eigenvalue weighted by atomic mass is 35.5. The van der Waals surface area contributed by atoms with E-state index in [9.17, 15) is 4.39 Å². The number of imidazole rings is 1. The molecule has 0 aliphatic rings. The molecule has 0 saturated carbocycles. The van der Waals surface area contributed by atoms with Crippen LogP contribution in [0.25, 0.3) is 16.8 Å². The summed E-state index contributed by atoms with van der Waals surface area (Å²) in [6.45, 7) is 9.69. The predicted octanol–water partition coefficient (Wildman–Crippen LogP) is 6.29. The quantitative estimate of drug-likeness (QED) is 0.475. The molecule has 0 bridgehead atoms. The van der Waals surface area contributed by atoms with Gasteiger partial charge in [0.05, 0.1) is 11.7 Å². The van der Waals surface area contributed by atoms with Crippen molar-refractivity contribution in [3.05, 3.63) is 59.0 Å². The molecule has 0 fully saturated rings. The summed E-state index contributed by atoms with van der Waals surface area (Å²) >= 11 is 5.93. The van der Waals surface area contributed by atoms with Crippen LogP contribution < -0.4 is 0 Å². The van der Waals surface area contributed by atoms with Crippen LogP contribution in [0.2, 0.25) is 18.2 Å². The van der Waals surface area contributed by atoms with Crippen molar-refractivity contribution in [1.82, 2.24) is 9.38 Å². The van der Waals surface area contributed by atoms with Gasteiger partial charge >= 0.3 is 0 Å². The van der Waals surface area contributed by atoms with Crippen LogP contribution in [-0.4, -0.2) is 18.4 Å². The molecule has 0 N–H and O–H groups in total. The molecule has 0 aliphatic heterocycles. The van der Waals surface area contributed by atoms with Crippen LogP contribution >= 0.6 is 11.6 Å². The fourth-order valence-corrected chi connectivity index (χ4v) is 4.19. The molecular formula is C20H22ClF2N2OSi. The zero-order valence-corrected chi connectivity index (χ0v) is 17.7. The number of pyridine rings is 1. The molecule has 3 rings (SSSR count). The average molecular weight is 408 g/mol. The first-order valence-electron chi connectivity index (χ1n) is 8.67. The Bertz CT molecular complexity index is 982. The Morgan fingerprint density at radius 3 is 2.44 bits per heavy atom. The lowest BCUT2D eigenvalue weighted by atomic mass is 9.83. The number of fused-ring (bicyclic) bond motifs is 1. The molecule has 27 heavy (non-hydrogen) atoms. The van der Waals surface area contributed by atoms with Gasteiger partial charge in [-0.25, -0.2) is 13.8 Å². The molecule has 0 spiro atoms. The van der Waals surface area contributed by atoms with E-state index in [-0.39, 0.29) is 5.56 Å². The van der Waals surface area contributed by atoms with Crippen molar-refractivity contribution < 1.29 is 13.2 Å². The van der Waals surface area contributed by atoms with Crippen LogP contribution in [0.15, 0.2) is 36.7 Å². The van der Waals surface area contributed by atoms with Crippen molar-refractivity contribution in [2.75, 3.05) is 0 Å². The van der Waals surface area contributed by atoms with Gasteiger partial charge in [-0.3, -0.25) is 0 Å². The Hall–Kier alpha value is -1.76. The zero-order valence-electron chi connectivity index (χ0n) is 16.0. The molecular weight excluding hydrogens is 386 g/mol. The topological polar surface area (TPSA) is 26.5 Å². The number of halogens is 3. The van der Waals surface area contributed by atoms with Crippen LogP contribution in [0.1, 0.15) is 32.4 Å². The second kappa shape index (κ2) is 7.34. The normalized spacial score (nSPS) is 13.5. The summed E-state index contributed by atoms with van der Waals surface area (Å²) in [4.78, 5) is 4.15. The first kappa shape index (κ1) is 20.0. The van der Waals surface area contributed by atoms with E-state index in [2.05, 4.69) is 4.98 Å². The maximum atomic E-state index is 15.5. The Morgan fingerprint density at radius 1 is 1.11 bits per heavy atom. The summed E-state index contributed by atoms with van der Waals surface area (Å²) < 4.78 is 37.9. The standard InChI is InChI=1S/C20H22ClF2N2OSi/c1-20(2,3)19(26-27(4)5)17-14(22)8-7-13(18(17)23)12-6-9-16-24-15(21)11-25(16)10-12/h6-11,19H,1-5H3. The highest BCUT2D eigenvalue weighted by Gasteiger charge is 2.34. The summed E-state index contributed by atoms with van der Waals surface area (Å²) in [5, 5.41) is 0.356. The first-order valence-corrected chi connectivity index (χ1v) is 11.5. The molecule has 1 atom stereocenters. The number of benzene rings is 1. The van der Waals surface area contributed by atoms with E-state index in [0.717, 1.165) is 0 Å². The van der Waals surface area contributed by atoms with Gasteiger partial charge in [-0.05, 0) is 42.8 Å². The van der Waals surface area contributed by atoms with Gasteiger partial charge in [-0.2, -0.15) is 0 Å². The van der Waals surface area contributed by atoms with E-state index in [4.69, 9.17) is 16.0 Å². The van der Waals surface area contributed by atoms with Crippen molar-refractivity contribution in [3.63, 3.8) is 0 Å². The predicted molar refractivity (Wildman–Crippen MR) is 106 cm³/mol. The maximum Gasteiger partial charge on any atom is 0.205 e. The second-order valence-electron chi connectivity index (χ2n) is 7.84. The number of nitrogens with zero attached hydrogens (tertiary/aromatic N) is 2. The molecule has 0 saturated heterocycles. The maximum absolute atomic E-state index is 15.5. The molecule has 3 aromatic rings. The smallest absolute Gasteiger partial charge is 0.205 e. The largest absolute Gasteiger partial charge is 0.410 e. The van der Waals surface area contributed by atoms with Crippen LogP contribution in [0.4, 0.5) is 8.78 Å². The molecule has 0 amide bonds. The van der Waals surface area contributed by atoms with Crippen molar-refractivity contribution >= 4 is 26.3 Å². The highest BCUT2D eigenvalue weighted by molar-refractivity contribution is 6.48. The number of hydrogen-bond acceptors (Lipinski definition) is 2. The minimum absolute atomic E-state index is 0.0186. The van der Waals surface area contributed by atoms with E-state index < -0.39 is 32.2 Å². The Labute approximate surface area is 164 Å². The van der Waals surface area contributed by atoms with Crippen LogP contribution in [-0.2, 0) is 4.43 Å². The Morgan fingerprint density at radius 2 is 1.81 bits per heavy atom. The first-order chi connectivity index (χ1) is 12.6. The summed E-state index contributed by atoms with van der Waals surface area (Å²) in [6, 6.07) is 6.26. The highest BCUT2D eigenvalue weighted by Crippen LogP contribution is 2.41. The van der Waals surface area contributed by atoms with Gasteiger partial charge in [-0.1, -0.05) is 32.4 Å². The third-order valence-electron chi connectivity index (χ3n) is 4.26. The number of rotatable bonds is 4. The fourth-order valence-electron chi connectivity index (χ4n) is 3.06. The third kappa shape index (κ3) is 4.07. The van der Waals surface area contributed by atoms with Crippen molar-refractivity contribution in [2.45, 2.75) is 40.0 Å². The molecule has 143 valence electrons.